The Hall–Kier alpha value is -6.61. The molecule has 1 fully saturated rings. The third kappa shape index (κ3) is 10.7. The second kappa shape index (κ2) is 21.1. The number of unbranched alkanes of at least 4 members (excludes halogenated alkanes) is 2. The van der Waals surface area contributed by atoms with Gasteiger partial charge in [-0.05, 0) is 76.1 Å². The smallest absolute Gasteiger partial charge is 0.343 e. The highest BCUT2D eigenvalue weighted by atomic mass is 19.1. The number of esters is 1. The van der Waals surface area contributed by atoms with E-state index < -0.39 is 78.0 Å². The van der Waals surface area contributed by atoms with Gasteiger partial charge in [-0.1, -0.05) is 27.2 Å². The van der Waals surface area contributed by atoms with Gasteiger partial charge in [0.25, 0.3) is 5.56 Å². The number of carbonyl (C=O) groups excluding carboxylic acids is 8. The zero-order valence-corrected chi connectivity index (χ0v) is 39.3. The number of aromatic nitrogens is 2. The number of rotatable bonds is 20. The highest BCUT2D eigenvalue weighted by Crippen LogP contribution is 2.40. The standard InChI is InChI=1S/C47H59FN8O12/c1-8-47(66)33-16-36-40-31(19-56(36)45(64)32(33)20-68-46(47)65)30(29-14-24(4)34(48)17-35(29)54-40)18-49-38(58)21-67-22-50-41(60)25(5)52-43(62)27(7)53-42(61)26(6)51-37(57)12-10-9-11-13-55-39(59)15-28(23(2)3)44(55)63/h14,16-17,23,25-28,66H,8-13,15,18-22H2,1-7H3,(H,49,58)(H,50,60)(H,51,57)(H,52,62)(H,53,61)/t25-,26-,27-,28?,47-/m0/s1. The van der Waals surface area contributed by atoms with Gasteiger partial charge in [0, 0.05) is 54.4 Å². The minimum atomic E-state index is -2.04. The number of imide groups is 1. The number of nitrogens with one attached hydrogen (secondary N) is 5. The minimum absolute atomic E-state index is 0.0392. The SMILES string of the molecule is CC[C@@]1(O)C(=O)OCc2c1cc1n(c2=O)Cc2c-1nc1cc(F)c(C)cc1c2CNC(=O)COCNC(=O)[C@H](C)NC(=O)[C@H](C)NC(=O)[C@H](C)NC(=O)CCCCCN1C(=O)CC(C(C)C)C1=O. The molecule has 3 aliphatic rings. The molecule has 0 radical (unpaired) electrons. The summed E-state index contributed by atoms with van der Waals surface area (Å²) in [5.74, 6) is -4.83. The molecule has 3 aliphatic heterocycles. The first-order valence-electron chi connectivity index (χ1n) is 22.8. The fraction of sp³-hybridized carbons (Fsp3) is 0.532. The van der Waals surface area contributed by atoms with Crippen LogP contribution in [-0.2, 0) is 73.1 Å². The topological polar surface area (TPSA) is 274 Å². The van der Waals surface area contributed by atoms with Crippen LogP contribution in [0.25, 0.3) is 22.3 Å². The fourth-order valence-corrected chi connectivity index (χ4v) is 8.53. The molecule has 2 aromatic heterocycles. The number of carbonyl (C=O) groups is 8. The molecular formula is C47H59FN8O12. The summed E-state index contributed by atoms with van der Waals surface area (Å²) in [6, 6.07) is 1.27. The van der Waals surface area contributed by atoms with E-state index >= 15 is 0 Å². The van der Waals surface area contributed by atoms with Crippen molar-refractivity contribution in [3.05, 3.63) is 62.2 Å². The maximum atomic E-state index is 14.9. The van der Waals surface area contributed by atoms with E-state index in [1.165, 1.54) is 42.4 Å². The predicted molar refractivity (Wildman–Crippen MR) is 241 cm³/mol. The molecule has 0 spiro atoms. The van der Waals surface area contributed by atoms with Crippen molar-refractivity contribution in [2.45, 2.75) is 130 Å². The fourth-order valence-electron chi connectivity index (χ4n) is 8.53. The predicted octanol–water partition coefficient (Wildman–Crippen LogP) is 1.34. The van der Waals surface area contributed by atoms with E-state index in [4.69, 9.17) is 14.5 Å². The maximum absolute atomic E-state index is 14.9. The van der Waals surface area contributed by atoms with Gasteiger partial charge in [0.2, 0.25) is 41.4 Å². The lowest BCUT2D eigenvalue weighted by Gasteiger charge is -2.31. The third-order valence-electron chi connectivity index (χ3n) is 12.8. The number of hydrogen-bond donors (Lipinski definition) is 6. The molecule has 366 valence electrons. The maximum Gasteiger partial charge on any atom is 0.343 e. The molecule has 0 saturated carbocycles. The molecule has 5 atom stereocenters. The molecule has 7 amide bonds. The Morgan fingerprint density at radius 1 is 0.897 bits per heavy atom. The lowest BCUT2D eigenvalue weighted by atomic mass is 9.86. The van der Waals surface area contributed by atoms with Crippen LogP contribution < -0.4 is 32.1 Å². The summed E-state index contributed by atoms with van der Waals surface area (Å²) in [7, 11) is 0. The van der Waals surface area contributed by atoms with Crippen molar-refractivity contribution >= 4 is 58.2 Å². The number of amides is 7. The van der Waals surface area contributed by atoms with Crippen LogP contribution in [-0.4, -0.2) is 105 Å². The molecule has 6 rings (SSSR count). The second-order valence-electron chi connectivity index (χ2n) is 17.9. The number of aryl methyl sites for hydroxylation is 1. The first-order valence-corrected chi connectivity index (χ1v) is 22.8. The number of hydrogen-bond acceptors (Lipinski definition) is 13. The van der Waals surface area contributed by atoms with Crippen LogP contribution in [0.1, 0.15) is 108 Å². The number of halogens is 1. The zero-order valence-electron chi connectivity index (χ0n) is 39.3. The summed E-state index contributed by atoms with van der Waals surface area (Å²) >= 11 is 0. The Morgan fingerprint density at radius 3 is 2.24 bits per heavy atom. The van der Waals surface area contributed by atoms with Gasteiger partial charge < -0.3 is 45.7 Å². The largest absolute Gasteiger partial charge is 0.458 e. The highest BCUT2D eigenvalue weighted by molar-refractivity contribution is 6.03. The summed E-state index contributed by atoms with van der Waals surface area (Å²) in [4.78, 5) is 121. The molecule has 0 bridgehead atoms. The normalized spacial score (nSPS) is 18.6. The van der Waals surface area contributed by atoms with Gasteiger partial charge in [-0.25, -0.2) is 14.2 Å². The average Bonchev–Trinajstić information content (AvgIpc) is 3.80. The summed E-state index contributed by atoms with van der Waals surface area (Å²) in [6.45, 7) is 10.3. The van der Waals surface area contributed by atoms with E-state index in [2.05, 4.69) is 26.6 Å². The van der Waals surface area contributed by atoms with Crippen molar-refractivity contribution in [1.82, 2.24) is 41.0 Å². The number of benzene rings is 1. The number of fused-ring (bicyclic) bond motifs is 5. The van der Waals surface area contributed by atoms with E-state index in [-0.39, 0.29) is 85.2 Å². The Kier molecular flexibility index (Phi) is 15.8. The Balaban J connectivity index is 0.932. The quantitative estimate of drug-likeness (QED) is 0.0317. The van der Waals surface area contributed by atoms with Crippen LogP contribution in [0.3, 0.4) is 0 Å². The van der Waals surface area contributed by atoms with Gasteiger partial charge in [-0.2, -0.15) is 0 Å². The second-order valence-corrected chi connectivity index (χ2v) is 17.9. The van der Waals surface area contributed by atoms with Crippen molar-refractivity contribution in [2.75, 3.05) is 19.9 Å². The van der Waals surface area contributed by atoms with Crippen LogP contribution in [0.5, 0.6) is 0 Å². The first kappa shape index (κ1) is 50.8. The summed E-state index contributed by atoms with van der Waals surface area (Å²) in [6.07, 6.45) is 1.93. The first-order chi connectivity index (χ1) is 32.2. The van der Waals surface area contributed by atoms with Gasteiger partial charge in [-0.15, -0.1) is 0 Å². The molecule has 5 heterocycles. The van der Waals surface area contributed by atoms with Crippen LogP contribution in [0, 0.1) is 24.6 Å². The van der Waals surface area contributed by atoms with Crippen LogP contribution >= 0.6 is 0 Å². The minimum Gasteiger partial charge on any atom is -0.458 e. The number of ether oxygens (including phenoxy) is 2. The van der Waals surface area contributed by atoms with Crippen LogP contribution in [0.4, 0.5) is 4.39 Å². The van der Waals surface area contributed by atoms with Crippen molar-refractivity contribution < 1.29 is 57.3 Å². The van der Waals surface area contributed by atoms with Crippen molar-refractivity contribution in [1.29, 1.82) is 0 Å². The zero-order chi connectivity index (χ0) is 49.8. The number of aliphatic hydroxyl groups is 1. The molecule has 6 N–H and O–H groups in total. The van der Waals surface area contributed by atoms with Crippen LogP contribution in [0.15, 0.2) is 23.0 Å². The van der Waals surface area contributed by atoms with E-state index in [1.54, 1.807) is 19.9 Å². The number of cyclic esters (lactones) is 1. The number of likely N-dealkylation sites (tertiary alicyclic amines) is 1. The van der Waals surface area contributed by atoms with Gasteiger partial charge >= 0.3 is 5.97 Å². The van der Waals surface area contributed by atoms with Crippen LogP contribution in [0.2, 0.25) is 0 Å². The van der Waals surface area contributed by atoms with Gasteiger partial charge in [0.1, 0.15) is 43.9 Å². The van der Waals surface area contributed by atoms with E-state index in [0.29, 0.717) is 59.3 Å². The molecule has 1 aromatic carbocycles. The average molecular weight is 947 g/mol. The number of pyridine rings is 2. The number of nitrogens with zero attached hydrogens (tertiary/aromatic N) is 3. The molecular weight excluding hydrogens is 888 g/mol. The van der Waals surface area contributed by atoms with E-state index in [0.717, 1.165) is 0 Å². The Labute approximate surface area is 391 Å². The molecule has 1 unspecified atom stereocenters. The van der Waals surface area contributed by atoms with E-state index in [1.807, 2.05) is 13.8 Å². The molecule has 1 saturated heterocycles. The molecule has 21 heteroatoms. The Bertz CT molecular complexity index is 2620. The molecule has 0 aliphatic carbocycles. The van der Waals surface area contributed by atoms with Gasteiger partial charge in [0.15, 0.2) is 5.60 Å². The van der Waals surface area contributed by atoms with Gasteiger partial charge in [-0.3, -0.25) is 43.3 Å². The van der Waals surface area contributed by atoms with E-state index in [9.17, 15) is 52.6 Å². The Morgan fingerprint density at radius 2 is 1.57 bits per heavy atom. The molecule has 68 heavy (non-hydrogen) atoms. The molecule has 3 aromatic rings. The lowest BCUT2D eigenvalue weighted by molar-refractivity contribution is -0.172. The highest BCUT2D eigenvalue weighted by Gasteiger charge is 2.46. The van der Waals surface area contributed by atoms with Gasteiger partial charge in [0.05, 0.1) is 29.0 Å². The monoisotopic (exact) mass is 946 g/mol. The summed E-state index contributed by atoms with van der Waals surface area (Å²) in [5.41, 5.74) is 0.0775. The lowest BCUT2D eigenvalue weighted by Crippen LogP contribution is -2.54. The summed E-state index contributed by atoms with van der Waals surface area (Å²) in [5, 5.41) is 24.6. The third-order valence-corrected chi connectivity index (χ3v) is 12.8. The summed E-state index contributed by atoms with van der Waals surface area (Å²) < 4.78 is 26.8. The van der Waals surface area contributed by atoms with Crippen molar-refractivity contribution in [2.24, 2.45) is 11.8 Å². The van der Waals surface area contributed by atoms with Crippen molar-refractivity contribution in [3.8, 4) is 11.4 Å². The van der Waals surface area contributed by atoms with Crippen molar-refractivity contribution in [3.63, 3.8) is 0 Å². The molecule has 20 nitrogen and oxygen atoms in total.